The molecule has 0 unspecified atom stereocenters. The highest BCUT2D eigenvalue weighted by molar-refractivity contribution is 14.0. The molecule has 1 saturated heterocycles. The highest BCUT2D eigenvalue weighted by Gasteiger charge is 2.31. The van der Waals surface area contributed by atoms with E-state index in [9.17, 15) is 18.0 Å². The number of aliphatic imine (C=N–C) groups is 1. The van der Waals surface area contributed by atoms with E-state index in [2.05, 4.69) is 10.3 Å². The summed E-state index contributed by atoms with van der Waals surface area (Å²) in [6, 6.07) is 9.59. The second-order valence-corrected chi connectivity index (χ2v) is 6.38. The van der Waals surface area contributed by atoms with Gasteiger partial charge in [0.1, 0.15) is 18.4 Å². The standard InChI is InChI=1S/C18H25F3N4O2.HI/c1-22-17(23-12-16(26)24(2)13-18(19,20)21)25-10-8-15(9-11-25)27-14-6-4-3-5-7-14;/h3-7,15H,8-13H2,1-2H3,(H,22,23);1H. The summed E-state index contributed by atoms with van der Waals surface area (Å²) in [6.07, 6.45) is -2.73. The molecule has 0 atom stereocenters. The van der Waals surface area contributed by atoms with Gasteiger partial charge in [0, 0.05) is 40.0 Å². The average molecular weight is 514 g/mol. The van der Waals surface area contributed by atoms with Crippen molar-refractivity contribution in [2.75, 3.05) is 40.3 Å². The molecule has 2 rings (SSSR count). The number of likely N-dealkylation sites (N-methyl/N-ethyl adjacent to an activating group) is 1. The number of amides is 1. The van der Waals surface area contributed by atoms with Crippen molar-refractivity contribution in [2.45, 2.75) is 25.1 Å². The molecule has 10 heteroatoms. The van der Waals surface area contributed by atoms with Crippen molar-refractivity contribution in [3.05, 3.63) is 30.3 Å². The van der Waals surface area contributed by atoms with Gasteiger partial charge in [-0.05, 0) is 12.1 Å². The molecule has 1 aliphatic rings. The van der Waals surface area contributed by atoms with Crippen molar-refractivity contribution in [2.24, 2.45) is 4.99 Å². The number of rotatable bonds is 5. The van der Waals surface area contributed by atoms with Crippen LogP contribution in [-0.4, -0.2) is 74.2 Å². The Bertz CT molecular complexity index is 635. The lowest BCUT2D eigenvalue weighted by Crippen LogP contribution is -2.50. The Kier molecular flexibility index (Phi) is 9.83. The van der Waals surface area contributed by atoms with Crippen molar-refractivity contribution < 1.29 is 22.7 Å². The maximum absolute atomic E-state index is 12.4. The third kappa shape index (κ3) is 8.11. The number of para-hydroxylation sites is 1. The van der Waals surface area contributed by atoms with Crippen LogP contribution in [0.15, 0.2) is 35.3 Å². The molecule has 0 aromatic heterocycles. The summed E-state index contributed by atoms with van der Waals surface area (Å²) in [4.78, 5) is 18.6. The van der Waals surface area contributed by atoms with Gasteiger partial charge in [0.25, 0.3) is 0 Å². The minimum atomic E-state index is -4.41. The molecule has 1 aromatic carbocycles. The maximum atomic E-state index is 12.4. The molecule has 1 aliphatic heterocycles. The molecule has 0 radical (unpaired) electrons. The first-order chi connectivity index (χ1) is 12.8. The average Bonchev–Trinajstić information content (AvgIpc) is 2.62. The molecule has 28 heavy (non-hydrogen) atoms. The van der Waals surface area contributed by atoms with Gasteiger partial charge in [-0.2, -0.15) is 13.2 Å². The Morgan fingerprint density at radius 1 is 1.29 bits per heavy atom. The van der Waals surface area contributed by atoms with Crippen molar-refractivity contribution in [1.82, 2.24) is 15.1 Å². The second kappa shape index (κ2) is 11.3. The van der Waals surface area contributed by atoms with Gasteiger partial charge in [0.05, 0.1) is 6.54 Å². The monoisotopic (exact) mass is 514 g/mol. The van der Waals surface area contributed by atoms with Gasteiger partial charge in [0.2, 0.25) is 5.91 Å². The first-order valence-electron chi connectivity index (χ1n) is 8.76. The molecule has 158 valence electrons. The third-order valence-corrected chi connectivity index (χ3v) is 4.24. The number of ether oxygens (including phenoxy) is 1. The van der Waals surface area contributed by atoms with Crippen LogP contribution in [0.25, 0.3) is 0 Å². The molecule has 0 spiro atoms. The van der Waals surface area contributed by atoms with Gasteiger partial charge >= 0.3 is 6.18 Å². The van der Waals surface area contributed by atoms with E-state index in [4.69, 9.17) is 4.74 Å². The van der Waals surface area contributed by atoms with Crippen LogP contribution in [0.2, 0.25) is 0 Å². The van der Waals surface area contributed by atoms with E-state index in [0.29, 0.717) is 23.9 Å². The second-order valence-electron chi connectivity index (χ2n) is 6.38. The van der Waals surface area contributed by atoms with E-state index in [1.54, 1.807) is 7.05 Å². The number of nitrogens with zero attached hydrogens (tertiary/aromatic N) is 3. The summed E-state index contributed by atoms with van der Waals surface area (Å²) in [5.74, 6) is 0.689. The largest absolute Gasteiger partial charge is 0.490 e. The van der Waals surface area contributed by atoms with Crippen molar-refractivity contribution >= 4 is 35.8 Å². The third-order valence-electron chi connectivity index (χ3n) is 4.24. The molecule has 0 bridgehead atoms. The summed E-state index contributed by atoms with van der Waals surface area (Å²) in [5, 5.41) is 2.85. The zero-order valence-corrected chi connectivity index (χ0v) is 18.2. The zero-order valence-electron chi connectivity index (χ0n) is 15.9. The van der Waals surface area contributed by atoms with Crippen LogP contribution >= 0.6 is 24.0 Å². The van der Waals surface area contributed by atoms with Crippen LogP contribution in [0.5, 0.6) is 5.75 Å². The minimum absolute atomic E-state index is 0. The number of alkyl halides is 3. The van der Waals surface area contributed by atoms with Gasteiger partial charge in [-0.1, -0.05) is 18.2 Å². The van der Waals surface area contributed by atoms with Crippen LogP contribution in [-0.2, 0) is 4.79 Å². The summed E-state index contributed by atoms with van der Waals surface area (Å²) < 4.78 is 43.0. The normalized spacial score (nSPS) is 15.6. The number of carbonyl (C=O) groups excluding carboxylic acids is 1. The van der Waals surface area contributed by atoms with Crippen LogP contribution in [0.1, 0.15) is 12.8 Å². The van der Waals surface area contributed by atoms with Gasteiger partial charge < -0.3 is 19.9 Å². The predicted octanol–water partition coefficient (Wildman–Crippen LogP) is 2.74. The first-order valence-corrected chi connectivity index (χ1v) is 8.76. The predicted molar refractivity (Wildman–Crippen MR) is 112 cm³/mol. The van der Waals surface area contributed by atoms with E-state index >= 15 is 0 Å². The SMILES string of the molecule is CN=C(NCC(=O)N(C)CC(F)(F)F)N1CCC(Oc2ccccc2)CC1.I. The Balaban J connectivity index is 0.00000392. The minimum Gasteiger partial charge on any atom is -0.490 e. The molecule has 1 heterocycles. The molecule has 1 N–H and O–H groups in total. The molecule has 6 nitrogen and oxygen atoms in total. The topological polar surface area (TPSA) is 57.2 Å². The number of piperidine rings is 1. The Hall–Kier alpha value is -1.72. The molecule has 1 aromatic rings. The van der Waals surface area contributed by atoms with Crippen LogP contribution in [0, 0.1) is 0 Å². The van der Waals surface area contributed by atoms with E-state index in [-0.39, 0.29) is 36.6 Å². The lowest BCUT2D eigenvalue weighted by Gasteiger charge is -2.34. The van der Waals surface area contributed by atoms with Gasteiger partial charge in [-0.25, -0.2) is 0 Å². The maximum Gasteiger partial charge on any atom is 0.406 e. The van der Waals surface area contributed by atoms with Gasteiger partial charge in [-0.3, -0.25) is 9.79 Å². The van der Waals surface area contributed by atoms with Crippen LogP contribution < -0.4 is 10.1 Å². The molecule has 0 aliphatic carbocycles. The van der Waals surface area contributed by atoms with E-state index in [1.165, 1.54) is 0 Å². The highest BCUT2D eigenvalue weighted by atomic mass is 127. The molecular weight excluding hydrogens is 488 g/mol. The number of benzene rings is 1. The van der Waals surface area contributed by atoms with Gasteiger partial charge in [-0.15, -0.1) is 24.0 Å². The number of hydrogen-bond donors (Lipinski definition) is 1. The van der Waals surface area contributed by atoms with E-state index in [0.717, 1.165) is 25.6 Å². The molecule has 1 fully saturated rings. The number of hydrogen-bond acceptors (Lipinski definition) is 3. The van der Waals surface area contributed by atoms with Crippen molar-refractivity contribution in [1.29, 1.82) is 0 Å². The number of halogens is 4. The fraction of sp³-hybridized carbons (Fsp3) is 0.556. The fourth-order valence-corrected chi connectivity index (χ4v) is 2.86. The molecular formula is C18H26F3IN4O2. The molecule has 0 saturated carbocycles. The summed E-state index contributed by atoms with van der Waals surface area (Å²) >= 11 is 0. The summed E-state index contributed by atoms with van der Waals surface area (Å²) in [5.41, 5.74) is 0. The summed E-state index contributed by atoms with van der Waals surface area (Å²) in [7, 11) is 2.71. The smallest absolute Gasteiger partial charge is 0.406 e. The van der Waals surface area contributed by atoms with Gasteiger partial charge in [0.15, 0.2) is 5.96 Å². The van der Waals surface area contributed by atoms with Crippen LogP contribution in [0.3, 0.4) is 0 Å². The lowest BCUT2D eigenvalue weighted by atomic mass is 10.1. The first kappa shape index (κ1) is 24.3. The Morgan fingerprint density at radius 3 is 2.43 bits per heavy atom. The number of guanidine groups is 1. The number of carbonyl (C=O) groups is 1. The number of likely N-dealkylation sites (tertiary alicyclic amines) is 1. The quantitative estimate of drug-likeness (QED) is 0.373. The van der Waals surface area contributed by atoms with Crippen molar-refractivity contribution in [3.8, 4) is 5.75 Å². The zero-order chi connectivity index (χ0) is 19.9. The highest BCUT2D eigenvalue weighted by Crippen LogP contribution is 2.19. The van der Waals surface area contributed by atoms with Crippen LogP contribution in [0.4, 0.5) is 13.2 Å². The molecule has 1 amide bonds. The van der Waals surface area contributed by atoms with Crippen molar-refractivity contribution in [3.63, 3.8) is 0 Å². The van der Waals surface area contributed by atoms with E-state index < -0.39 is 18.6 Å². The van der Waals surface area contributed by atoms with E-state index in [1.807, 2.05) is 35.2 Å². The number of nitrogens with one attached hydrogen (secondary N) is 1. The lowest BCUT2D eigenvalue weighted by molar-refractivity contribution is -0.157. The Morgan fingerprint density at radius 2 is 1.89 bits per heavy atom. The fourth-order valence-electron chi connectivity index (χ4n) is 2.86. The Labute approximate surface area is 180 Å². The summed E-state index contributed by atoms with van der Waals surface area (Å²) in [6.45, 7) is -0.137.